The number of nitrogens with one attached hydrogen (secondary N) is 1. The maximum Gasteiger partial charge on any atom is 0.235 e. The van der Waals surface area contributed by atoms with Gasteiger partial charge in [-0.3, -0.25) is 0 Å². The zero-order valence-electron chi connectivity index (χ0n) is 9.16. The minimum absolute atomic E-state index is 0.313. The molecule has 0 spiro atoms. The number of carbonyl (C=O) groups excluding carboxylic acids is 1. The van der Waals surface area contributed by atoms with E-state index in [0.29, 0.717) is 0 Å². The standard InChI is InChI=1S/C13H11BrN2O/c14-11-7-15-12-3-2-9(6-10(11)12)13(16-8-17)4-1-5-13/h2-3,6-7,15H,1,4-5H2. The Bertz CT molecular complexity index is 621. The predicted molar refractivity (Wildman–Crippen MR) is 69.6 cm³/mol. The Morgan fingerprint density at radius 2 is 2.24 bits per heavy atom. The molecule has 3 rings (SSSR count). The summed E-state index contributed by atoms with van der Waals surface area (Å²) in [5.41, 5.74) is 1.89. The number of halogens is 1. The molecule has 86 valence electrons. The number of aliphatic imine (C=N–C) groups is 1. The van der Waals surface area contributed by atoms with Gasteiger partial charge in [0.2, 0.25) is 6.08 Å². The second kappa shape index (κ2) is 3.83. The lowest BCUT2D eigenvalue weighted by atomic mass is 9.72. The summed E-state index contributed by atoms with van der Waals surface area (Å²) in [6, 6.07) is 6.19. The molecule has 1 fully saturated rings. The van der Waals surface area contributed by atoms with E-state index < -0.39 is 0 Å². The zero-order chi connectivity index (χ0) is 11.9. The number of nitrogens with zero attached hydrogens (tertiary/aromatic N) is 1. The normalized spacial score (nSPS) is 17.5. The van der Waals surface area contributed by atoms with Crippen LogP contribution in [0.3, 0.4) is 0 Å². The summed E-state index contributed by atoms with van der Waals surface area (Å²) in [5, 5.41) is 1.13. The van der Waals surface area contributed by atoms with E-state index in [4.69, 9.17) is 0 Å². The van der Waals surface area contributed by atoms with Gasteiger partial charge in [-0.15, -0.1) is 0 Å². The van der Waals surface area contributed by atoms with Crippen LogP contribution in [0, 0.1) is 0 Å². The molecule has 17 heavy (non-hydrogen) atoms. The van der Waals surface area contributed by atoms with Gasteiger partial charge in [0.15, 0.2) is 0 Å². The molecule has 0 radical (unpaired) electrons. The number of fused-ring (bicyclic) bond motifs is 1. The average molecular weight is 291 g/mol. The first-order valence-electron chi connectivity index (χ1n) is 5.61. The first kappa shape index (κ1) is 10.8. The van der Waals surface area contributed by atoms with Crippen molar-refractivity contribution in [2.75, 3.05) is 0 Å². The van der Waals surface area contributed by atoms with Gasteiger partial charge in [0.1, 0.15) is 0 Å². The highest BCUT2D eigenvalue weighted by atomic mass is 79.9. The highest BCUT2D eigenvalue weighted by molar-refractivity contribution is 9.10. The molecule has 1 saturated carbocycles. The number of aromatic amines is 1. The monoisotopic (exact) mass is 290 g/mol. The largest absolute Gasteiger partial charge is 0.360 e. The van der Waals surface area contributed by atoms with Crippen molar-refractivity contribution in [2.45, 2.75) is 24.8 Å². The van der Waals surface area contributed by atoms with Crippen molar-refractivity contribution >= 4 is 32.9 Å². The predicted octanol–water partition coefficient (Wildman–Crippen LogP) is 3.65. The van der Waals surface area contributed by atoms with Crippen molar-refractivity contribution in [2.24, 2.45) is 4.99 Å². The molecule has 0 aliphatic heterocycles. The van der Waals surface area contributed by atoms with E-state index in [2.05, 4.69) is 32.0 Å². The summed E-state index contributed by atoms with van der Waals surface area (Å²) >= 11 is 3.51. The minimum Gasteiger partial charge on any atom is -0.360 e. The number of aromatic nitrogens is 1. The van der Waals surface area contributed by atoms with Gasteiger partial charge in [-0.05, 0) is 52.9 Å². The summed E-state index contributed by atoms with van der Waals surface area (Å²) < 4.78 is 1.04. The Hall–Kier alpha value is -1.38. The van der Waals surface area contributed by atoms with Gasteiger partial charge in [0.05, 0.1) is 5.54 Å². The van der Waals surface area contributed by atoms with Crippen molar-refractivity contribution in [3.63, 3.8) is 0 Å². The molecule has 1 N–H and O–H groups in total. The highest BCUT2D eigenvalue weighted by Crippen LogP contribution is 2.45. The zero-order valence-corrected chi connectivity index (χ0v) is 10.8. The quantitative estimate of drug-likeness (QED) is 0.666. The second-order valence-corrected chi connectivity index (χ2v) is 5.34. The number of hydrogen-bond donors (Lipinski definition) is 1. The first-order valence-corrected chi connectivity index (χ1v) is 6.41. The first-order chi connectivity index (χ1) is 8.25. The minimum atomic E-state index is -0.313. The summed E-state index contributed by atoms with van der Waals surface area (Å²) in [5.74, 6) is 0. The lowest BCUT2D eigenvalue weighted by molar-refractivity contribution is 0.256. The maximum absolute atomic E-state index is 10.6. The molecule has 0 atom stereocenters. The smallest absolute Gasteiger partial charge is 0.235 e. The van der Waals surface area contributed by atoms with Gasteiger partial charge in [-0.25, -0.2) is 4.79 Å². The van der Waals surface area contributed by atoms with E-state index in [0.717, 1.165) is 40.2 Å². The third-order valence-electron chi connectivity index (χ3n) is 3.61. The van der Waals surface area contributed by atoms with Crippen LogP contribution in [0.15, 0.2) is 33.9 Å². The van der Waals surface area contributed by atoms with Crippen molar-refractivity contribution in [3.8, 4) is 0 Å². The molecule has 0 unspecified atom stereocenters. The second-order valence-electron chi connectivity index (χ2n) is 4.49. The molecule has 1 heterocycles. The van der Waals surface area contributed by atoms with E-state index in [1.807, 2.05) is 18.3 Å². The summed E-state index contributed by atoms with van der Waals surface area (Å²) in [6.07, 6.45) is 6.65. The van der Waals surface area contributed by atoms with Crippen LogP contribution in [0.5, 0.6) is 0 Å². The third-order valence-corrected chi connectivity index (χ3v) is 4.27. The SMILES string of the molecule is O=C=NC1(c2ccc3[nH]cc(Br)c3c2)CCC1. The molecular weight excluding hydrogens is 280 g/mol. The molecule has 0 saturated heterocycles. The van der Waals surface area contributed by atoms with Crippen LogP contribution in [0.25, 0.3) is 10.9 Å². The van der Waals surface area contributed by atoms with Gasteiger partial charge >= 0.3 is 0 Å². The Balaban J connectivity index is 2.16. The fraction of sp³-hybridized carbons (Fsp3) is 0.308. The summed E-state index contributed by atoms with van der Waals surface area (Å²) in [7, 11) is 0. The van der Waals surface area contributed by atoms with Gasteiger partial charge in [-0.2, -0.15) is 4.99 Å². The van der Waals surface area contributed by atoms with Crippen LogP contribution in [-0.2, 0) is 10.3 Å². The van der Waals surface area contributed by atoms with Crippen LogP contribution in [0.4, 0.5) is 0 Å². The average Bonchev–Trinajstić information content (AvgIpc) is 2.65. The van der Waals surface area contributed by atoms with Crippen LogP contribution in [-0.4, -0.2) is 11.1 Å². The number of benzene rings is 1. The third kappa shape index (κ3) is 1.56. The van der Waals surface area contributed by atoms with E-state index in [-0.39, 0.29) is 5.54 Å². The Kier molecular flexibility index (Phi) is 2.42. The molecule has 1 aliphatic rings. The molecule has 4 heteroatoms. The highest BCUT2D eigenvalue weighted by Gasteiger charge is 2.38. The maximum atomic E-state index is 10.6. The van der Waals surface area contributed by atoms with E-state index in [1.54, 1.807) is 6.08 Å². The van der Waals surface area contributed by atoms with Crippen molar-refractivity contribution in [1.29, 1.82) is 0 Å². The molecule has 3 nitrogen and oxygen atoms in total. The Morgan fingerprint density at radius 3 is 2.88 bits per heavy atom. The molecule has 1 aromatic heterocycles. The van der Waals surface area contributed by atoms with E-state index in [9.17, 15) is 4.79 Å². The lowest BCUT2D eigenvalue weighted by Crippen LogP contribution is -2.31. The van der Waals surface area contributed by atoms with Gasteiger partial charge in [0.25, 0.3) is 0 Å². The Morgan fingerprint density at radius 1 is 1.41 bits per heavy atom. The van der Waals surface area contributed by atoms with E-state index >= 15 is 0 Å². The fourth-order valence-corrected chi connectivity index (χ4v) is 2.88. The van der Waals surface area contributed by atoms with Crippen LogP contribution < -0.4 is 0 Å². The van der Waals surface area contributed by atoms with E-state index in [1.165, 1.54) is 0 Å². The van der Waals surface area contributed by atoms with Gasteiger partial charge in [0, 0.05) is 21.6 Å². The molecule has 0 bridgehead atoms. The van der Waals surface area contributed by atoms with Crippen LogP contribution in [0.1, 0.15) is 24.8 Å². The Labute approximate surface area is 107 Å². The van der Waals surface area contributed by atoms with Crippen molar-refractivity contribution in [3.05, 3.63) is 34.4 Å². The summed E-state index contributed by atoms with van der Waals surface area (Å²) in [6.45, 7) is 0. The number of hydrogen-bond acceptors (Lipinski definition) is 2. The van der Waals surface area contributed by atoms with Crippen LogP contribution in [0.2, 0.25) is 0 Å². The number of rotatable bonds is 2. The molecule has 2 aromatic rings. The molecule has 1 aromatic carbocycles. The van der Waals surface area contributed by atoms with Crippen LogP contribution >= 0.6 is 15.9 Å². The summed E-state index contributed by atoms with van der Waals surface area (Å²) in [4.78, 5) is 17.8. The van der Waals surface area contributed by atoms with Gasteiger partial charge < -0.3 is 4.98 Å². The fourth-order valence-electron chi connectivity index (χ4n) is 2.44. The number of isocyanates is 1. The molecule has 1 aliphatic carbocycles. The number of H-pyrrole nitrogens is 1. The molecular formula is C13H11BrN2O. The topological polar surface area (TPSA) is 45.2 Å². The van der Waals surface area contributed by atoms with Crippen molar-refractivity contribution < 1.29 is 4.79 Å². The van der Waals surface area contributed by atoms with Crippen molar-refractivity contribution in [1.82, 2.24) is 4.98 Å². The molecule has 0 amide bonds. The van der Waals surface area contributed by atoms with Gasteiger partial charge in [-0.1, -0.05) is 6.07 Å². The lowest BCUT2D eigenvalue weighted by Gasteiger charge is -2.37.